The molecule has 1 aliphatic carbocycles. The summed E-state index contributed by atoms with van der Waals surface area (Å²) in [6, 6.07) is 4.28. The largest absolute Gasteiger partial charge is 0.405 e. The van der Waals surface area contributed by atoms with Crippen molar-refractivity contribution in [2.45, 2.75) is 31.5 Å². The molecule has 0 atom stereocenters. The highest BCUT2D eigenvalue weighted by molar-refractivity contribution is 6.02. The molecule has 0 spiro atoms. The van der Waals surface area contributed by atoms with Crippen LogP contribution in [0, 0.1) is 6.92 Å². The van der Waals surface area contributed by atoms with Crippen LogP contribution in [0.15, 0.2) is 18.2 Å². The van der Waals surface area contributed by atoms with Crippen LogP contribution in [0.3, 0.4) is 0 Å². The molecule has 128 valence electrons. The van der Waals surface area contributed by atoms with Gasteiger partial charge < -0.3 is 16.4 Å². The Morgan fingerprint density at radius 2 is 1.91 bits per heavy atom. The number of nitrogens with one attached hydrogen (secondary N) is 2. The maximum absolute atomic E-state index is 12.1. The Morgan fingerprint density at radius 3 is 2.43 bits per heavy atom. The van der Waals surface area contributed by atoms with Crippen molar-refractivity contribution in [3.63, 3.8) is 0 Å². The number of carbonyl (C=O) groups is 2. The van der Waals surface area contributed by atoms with Gasteiger partial charge in [0.15, 0.2) is 0 Å². The molecule has 0 radical (unpaired) electrons. The number of halogens is 4. The molecule has 0 saturated heterocycles. The summed E-state index contributed by atoms with van der Waals surface area (Å²) in [5, 5.41) is 4.39. The van der Waals surface area contributed by atoms with E-state index < -0.39 is 24.2 Å². The van der Waals surface area contributed by atoms with Crippen molar-refractivity contribution in [3.05, 3.63) is 29.3 Å². The van der Waals surface area contributed by atoms with Crippen LogP contribution in [-0.4, -0.2) is 30.1 Å². The number of alkyl halides is 3. The zero-order valence-corrected chi connectivity index (χ0v) is 13.1. The van der Waals surface area contributed by atoms with Crippen LogP contribution < -0.4 is 16.4 Å². The highest BCUT2D eigenvalue weighted by Crippen LogP contribution is 2.33. The minimum absolute atomic E-state index is 0. The number of benzene rings is 1. The molecule has 23 heavy (non-hydrogen) atoms. The first kappa shape index (κ1) is 19.2. The Morgan fingerprint density at radius 1 is 1.30 bits per heavy atom. The molecule has 5 nitrogen and oxygen atoms in total. The third kappa shape index (κ3) is 5.11. The molecule has 1 aliphatic rings. The van der Waals surface area contributed by atoms with Gasteiger partial charge in [0.2, 0.25) is 5.91 Å². The average Bonchev–Trinajstić information content (AvgIpc) is 3.17. The maximum Gasteiger partial charge on any atom is 0.405 e. The van der Waals surface area contributed by atoms with Crippen molar-refractivity contribution >= 4 is 29.9 Å². The number of rotatable bonds is 4. The Bertz CT molecular complexity index is 616. The fraction of sp³-hybridized carbons (Fsp3) is 0.429. The van der Waals surface area contributed by atoms with Gasteiger partial charge in [0.05, 0.1) is 5.54 Å². The van der Waals surface area contributed by atoms with Gasteiger partial charge in [-0.15, -0.1) is 12.4 Å². The van der Waals surface area contributed by atoms with Crippen LogP contribution in [-0.2, 0) is 4.79 Å². The van der Waals surface area contributed by atoms with Gasteiger partial charge in [-0.05, 0) is 37.5 Å². The third-order valence-electron chi connectivity index (χ3n) is 3.44. The Kier molecular flexibility index (Phi) is 5.65. The van der Waals surface area contributed by atoms with Gasteiger partial charge in [0.1, 0.15) is 6.54 Å². The van der Waals surface area contributed by atoms with E-state index in [4.69, 9.17) is 5.73 Å². The average molecular weight is 352 g/mol. The lowest BCUT2D eigenvalue weighted by Gasteiger charge is -2.14. The second-order valence-corrected chi connectivity index (χ2v) is 5.44. The second kappa shape index (κ2) is 6.76. The quantitative estimate of drug-likeness (QED) is 0.777. The molecule has 0 bridgehead atoms. The predicted molar refractivity (Wildman–Crippen MR) is 81.6 cm³/mol. The Hall–Kier alpha value is -1.80. The van der Waals surface area contributed by atoms with E-state index in [0.717, 1.165) is 0 Å². The molecule has 1 aromatic rings. The normalized spacial score (nSPS) is 15.3. The van der Waals surface area contributed by atoms with Crippen LogP contribution in [0.5, 0.6) is 0 Å². The number of hydrogen-bond donors (Lipinski definition) is 3. The molecule has 2 amide bonds. The van der Waals surface area contributed by atoms with Crippen molar-refractivity contribution in [3.8, 4) is 0 Å². The summed E-state index contributed by atoms with van der Waals surface area (Å²) < 4.78 is 36.3. The number of hydrogen-bond acceptors (Lipinski definition) is 3. The van der Waals surface area contributed by atoms with E-state index in [1.807, 2.05) is 0 Å². The molecule has 1 saturated carbocycles. The van der Waals surface area contributed by atoms with E-state index in [1.165, 1.54) is 12.1 Å². The molecule has 2 rings (SSSR count). The van der Waals surface area contributed by atoms with E-state index in [0.29, 0.717) is 24.1 Å². The highest BCUT2D eigenvalue weighted by atomic mass is 35.5. The fourth-order valence-corrected chi connectivity index (χ4v) is 1.79. The van der Waals surface area contributed by atoms with Gasteiger partial charge in [-0.1, -0.05) is 6.07 Å². The van der Waals surface area contributed by atoms with E-state index in [2.05, 4.69) is 5.32 Å². The standard InChI is InChI=1S/C14H16F3N3O2.ClH/c1-8-2-3-9(11(21)19-7-14(15,16)17)6-10(8)20-12(22)13(18)4-5-13;/h2-3,6H,4-5,7,18H2,1H3,(H,19,21)(H,20,22);1H. The van der Waals surface area contributed by atoms with Gasteiger partial charge in [-0.3, -0.25) is 9.59 Å². The lowest BCUT2D eigenvalue weighted by molar-refractivity contribution is -0.123. The minimum atomic E-state index is -4.48. The fourth-order valence-electron chi connectivity index (χ4n) is 1.79. The van der Waals surface area contributed by atoms with E-state index in [9.17, 15) is 22.8 Å². The summed E-state index contributed by atoms with van der Waals surface area (Å²) in [7, 11) is 0. The number of anilines is 1. The van der Waals surface area contributed by atoms with Gasteiger partial charge in [0.25, 0.3) is 5.91 Å². The molecule has 0 heterocycles. The topological polar surface area (TPSA) is 84.2 Å². The van der Waals surface area contributed by atoms with Gasteiger partial charge in [-0.25, -0.2) is 0 Å². The zero-order chi connectivity index (χ0) is 16.5. The van der Waals surface area contributed by atoms with E-state index in [1.54, 1.807) is 18.3 Å². The van der Waals surface area contributed by atoms with Crippen molar-refractivity contribution in [2.24, 2.45) is 5.73 Å². The summed E-state index contributed by atoms with van der Waals surface area (Å²) in [6.07, 6.45) is -3.30. The second-order valence-electron chi connectivity index (χ2n) is 5.44. The maximum atomic E-state index is 12.1. The Balaban J connectivity index is 0.00000264. The molecule has 1 fully saturated rings. The van der Waals surface area contributed by atoms with Crippen LogP contribution in [0.4, 0.5) is 18.9 Å². The number of amides is 2. The van der Waals surface area contributed by atoms with Crippen molar-refractivity contribution in [1.82, 2.24) is 5.32 Å². The summed E-state index contributed by atoms with van der Waals surface area (Å²) >= 11 is 0. The van der Waals surface area contributed by atoms with Crippen molar-refractivity contribution in [1.29, 1.82) is 0 Å². The van der Waals surface area contributed by atoms with E-state index >= 15 is 0 Å². The summed E-state index contributed by atoms with van der Waals surface area (Å²) in [4.78, 5) is 23.6. The molecule has 4 N–H and O–H groups in total. The van der Waals surface area contributed by atoms with Crippen LogP contribution in [0.25, 0.3) is 0 Å². The first-order valence-corrected chi connectivity index (χ1v) is 6.67. The number of nitrogens with two attached hydrogens (primary N) is 1. The lowest BCUT2D eigenvalue weighted by Crippen LogP contribution is -2.38. The third-order valence-corrected chi connectivity index (χ3v) is 3.44. The zero-order valence-electron chi connectivity index (χ0n) is 12.3. The predicted octanol–water partition coefficient (Wildman–Crippen LogP) is 2.14. The van der Waals surface area contributed by atoms with Crippen molar-refractivity contribution < 1.29 is 22.8 Å². The van der Waals surface area contributed by atoms with Gasteiger partial charge in [-0.2, -0.15) is 13.2 Å². The van der Waals surface area contributed by atoms with Gasteiger partial charge >= 0.3 is 6.18 Å². The molecule has 9 heteroatoms. The van der Waals surface area contributed by atoms with Crippen molar-refractivity contribution in [2.75, 3.05) is 11.9 Å². The molecular formula is C14H17ClF3N3O2. The Labute approximate surface area is 137 Å². The van der Waals surface area contributed by atoms with Gasteiger partial charge in [0, 0.05) is 11.3 Å². The highest BCUT2D eigenvalue weighted by Gasteiger charge is 2.46. The number of aryl methyl sites for hydroxylation is 1. The first-order chi connectivity index (χ1) is 10.1. The summed E-state index contributed by atoms with van der Waals surface area (Å²) in [6.45, 7) is 0.302. The first-order valence-electron chi connectivity index (χ1n) is 6.67. The van der Waals surface area contributed by atoms with Crippen LogP contribution >= 0.6 is 12.4 Å². The monoisotopic (exact) mass is 351 g/mol. The SMILES string of the molecule is Cc1ccc(C(=O)NCC(F)(F)F)cc1NC(=O)C1(N)CC1.Cl. The van der Waals surface area contributed by atoms with Crippen LogP contribution in [0.1, 0.15) is 28.8 Å². The molecule has 0 aromatic heterocycles. The molecule has 1 aromatic carbocycles. The molecule has 0 unspecified atom stereocenters. The summed E-state index contributed by atoms with van der Waals surface area (Å²) in [5.41, 5.74) is 5.97. The smallest absolute Gasteiger partial charge is 0.343 e. The lowest BCUT2D eigenvalue weighted by atomic mass is 10.1. The number of carbonyl (C=O) groups excluding carboxylic acids is 2. The van der Waals surface area contributed by atoms with Crippen LogP contribution in [0.2, 0.25) is 0 Å². The van der Waals surface area contributed by atoms with E-state index in [-0.39, 0.29) is 23.9 Å². The minimum Gasteiger partial charge on any atom is -0.343 e. The summed E-state index contributed by atoms with van der Waals surface area (Å²) in [5.74, 6) is -1.22. The molecular weight excluding hydrogens is 335 g/mol. The molecule has 0 aliphatic heterocycles.